The minimum Gasteiger partial charge on any atom is -0.375 e. The summed E-state index contributed by atoms with van der Waals surface area (Å²) in [5.41, 5.74) is 7.82. The minimum atomic E-state index is 0.263. The van der Waals surface area contributed by atoms with E-state index in [0.29, 0.717) is 24.0 Å². The van der Waals surface area contributed by atoms with E-state index in [1.165, 1.54) is 5.56 Å². The highest BCUT2D eigenvalue weighted by atomic mass is 16.5. The van der Waals surface area contributed by atoms with E-state index in [-0.39, 0.29) is 6.04 Å². The van der Waals surface area contributed by atoms with Crippen LogP contribution in [0.5, 0.6) is 0 Å². The third-order valence-electron chi connectivity index (χ3n) is 4.66. The fraction of sp³-hybridized carbons (Fsp3) is 0.647. The van der Waals surface area contributed by atoms with Gasteiger partial charge >= 0.3 is 0 Å². The van der Waals surface area contributed by atoms with Crippen molar-refractivity contribution in [1.82, 2.24) is 0 Å². The Morgan fingerprint density at radius 3 is 2.37 bits per heavy atom. The van der Waals surface area contributed by atoms with Crippen molar-refractivity contribution in [2.45, 2.75) is 58.3 Å². The number of aryl methyl sites for hydroxylation is 1. The van der Waals surface area contributed by atoms with Crippen molar-refractivity contribution >= 4 is 0 Å². The summed E-state index contributed by atoms with van der Waals surface area (Å²) >= 11 is 0. The Kier molecular flexibility index (Phi) is 5.00. The molecule has 106 valence electrons. The number of nitrogens with two attached hydrogens (primary N) is 1. The van der Waals surface area contributed by atoms with E-state index in [1.54, 1.807) is 0 Å². The van der Waals surface area contributed by atoms with Gasteiger partial charge in [-0.3, -0.25) is 0 Å². The summed E-state index contributed by atoms with van der Waals surface area (Å²) in [6, 6.07) is 10.9. The summed E-state index contributed by atoms with van der Waals surface area (Å²) < 4.78 is 5.89. The summed E-state index contributed by atoms with van der Waals surface area (Å²) in [7, 11) is 0. The van der Waals surface area contributed by atoms with Gasteiger partial charge in [0.15, 0.2) is 0 Å². The van der Waals surface area contributed by atoms with Crippen LogP contribution in [0.15, 0.2) is 30.3 Å². The van der Waals surface area contributed by atoms with E-state index in [2.05, 4.69) is 51.1 Å². The SMILES string of the molecule is CC1OC(C)C(C(N)CCCc2ccccc2)C1C. The molecule has 2 nitrogen and oxygen atoms in total. The number of hydrogen-bond acceptors (Lipinski definition) is 2. The van der Waals surface area contributed by atoms with Crippen molar-refractivity contribution in [2.24, 2.45) is 17.6 Å². The Hall–Kier alpha value is -0.860. The third-order valence-corrected chi connectivity index (χ3v) is 4.66. The first-order valence-electron chi connectivity index (χ1n) is 7.54. The number of ether oxygens (including phenoxy) is 1. The molecule has 1 saturated heterocycles. The van der Waals surface area contributed by atoms with Crippen LogP contribution in [-0.2, 0) is 11.2 Å². The quantitative estimate of drug-likeness (QED) is 0.881. The fourth-order valence-corrected chi connectivity index (χ4v) is 3.41. The summed E-state index contributed by atoms with van der Waals surface area (Å²) in [5, 5.41) is 0. The molecule has 0 amide bonds. The second-order valence-electron chi connectivity index (χ2n) is 6.02. The Balaban J connectivity index is 1.80. The average Bonchev–Trinajstić information content (AvgIpc) is 2.64. The first-order valence-corrected chi connectivity index (χ1v) is 7.54. The molecule has 0 radical (unpaired) electrons. The van der Waals surface area contributed by atoms with Crippen LogP contribution in [0.2, 0.25) is 0 Å². The highest BCUT2D eigenvalue weighted by Gasteiger charge is 2.39. The van der Waals surface area contributed by atoms with E-state index < -0.39 is 0 Å². The summed E-state index contributed by atoms with van der Waals surface area (Å²) in [6.07, 6.45) is 4.03. The van der Waals surface area contributed by atoms with Crippen molar-refractivity contribution in [3.8, 4) is 0 Å². The molecule has 1 aromatic rings. The Morgan fingerprint density at radius 2 is 1.79 bits per heavy atom. The molecule has 0 saturated carbocycles. The van der Waals surface area contributed by atoms with Gasteiger partial charge in [-0.1, -0.05) is 37.3 Å². The Labute approximate surface area is 117 Å². The predicted molar refractivity (Wildman–Crippen MR) is 80.0 cm³/mol. The normalized spacial score (nSPS) is 32.4. The van der Waals surface area contributed by atoms with Crippen LogP contribution in [0.3, 0.4) is 0 Å². The van der Waals surface area contributed by atoms with Crippen LogP contribution in [-0.4, -0.2) is 18.2 Å². The fourth-order valence-electron chi connectivity index (χ4n) is 3.41. The van der Waals surface area contributed by atoms with E-state index in [1.807, 2.05) is 0 Å². The van der Waals surface area contributed by atoms with Gasteiger partial charge in [0.2, 0.25) is 0 Å². The molecule has 5 atom stereocenters. The Bertz CT molecular complexity index is 378. The lowest BCUT2D eigenvalue weighted by Crippen LogP contribution is -2.37. The van der Waals surface area contributed by atoms with Crippen LogP contribution in [0.25, 0.3) is 0 Å². The zero-order valence-corrected chi connectivity index (χ0v) is 12.4. The van der Waals surface area contributed by atoms with Crippen molar-refractivity contribution in [2.75, 3.05) is 0 Å². The van der Waals surface area contributed by atoms with Gasteiger partial charge in [-0.05, 0) is 44.6 Å². The lowest BCUT2D eigenvalue weighted by atomic mass is 9.82. The maximum Gasteiger partial charge on any atom is 0.0597 e. The summed E-state index contributed by atoms with van der Waals surface area (Å²) in [4.78, 5) is 0. The molecular weight excluding hydrogens is 234 g/mol. The van der Waals surface area contributed by atoms with Crippen molar-refractivity contribution in [3.05, 3.63) is 35.9 Å². The summed E-state index contributed by atoms with van der Waals surface area (Å²) in [6.45, 7) is 6.61. The van der Waals surface area contributed by atoms with E-state index in [9.17, 15) is 0 Å². The molecule has 0 aromatic heterocycles. The van der Waals surface area contributed by atoms with Crippen LogP contribution in [0.1, 0.15) is 39.2 Å². The highest BCUT2D eigenvalue weighted by Crippen LogP contribution is 2.35. The maximum absolute atomic E-state index is 6.41. The molecule has 19 heavy (non-hydrogen) atoms. The third kappa shape index (κ3) is 3.58. The molecule has 5 unspecified atom stereocenters. The average molecular weight is 261 g/mol. The van der Waals surface area contributed by atoms with Gasteiger partial charge in [0.1, 0.15) is 0 Å². The van der Waals surface area contributed by atoms with Crippen LogP contribution in [0.4, 0.5) is 0 Å². The Morgan fingerprint density at radius 1 is 1.11 bits per heavy atom. The van der Waals surface area contributed by atoms with E-state index in [0.717, 1.165) is 19.3 Å². The summed E-state index contributed by atoms with van der Waals surface area (Å²) in [5.74, 6) is 1.08. The van der Waals surface area contributed by atoms with Gasteiger partial charge in [-0.25, -0.2) is 0 Å². The molecule has 0 spiro atoms. The molecule has 1 aliphatic heterocycles. The van der Waals surface area contributed by atoms with Gasteiger partial charge in [-0.15, -0.1) is 0 Å². The van der Waals surface area contributed by atoms with Gasteiger partial charge in [-0.2, -0.15) is 0 Å². The molecule has 1 fully saturated rings. The number of rotatable bonds is 5. The predicted octanol–water partition coefficient (Wildman–Crippen LogP) is 3.40. The molecule has 1 aromatic carbocycles. The smallest absolute Gasteiger partial charge is 0.0597 e. The molecule has 2 N–H and O–H groups in total. The largest absolute Gasteiger partial charge is 0.375 e. The second-order valence-corrected chi connectivity index (χ2v) is 6.02. The minimum absolute atomic E-state index is 0.263. The molecular formula is C17H27NO. The van der Waals surface area contributed by atoms with Gasteiger partial charge in [0.05, 0.1) is 12.2 Å². The molecule has 2 rings (SSSR count). The number of benzene rings is 1. The lowest BCUT2D eigenvalue weighted by Gasteiger charge is -2.25. The molecule has 0 bridgehead atoms. The maximum atomic E-state index is 6.41. The van der Waals surface area contributed by atoms with Gasteiger partial charge in [0, 0.05) is 12.0 Å². The molecule has 0 aliphatic carbocycles. The van der Waals surface area contributed by atoms with Crippen molar-refractivity contribution < 1.29 is 4.74 Å². The topological polar surface area (TPSA) is 35.2 Å². The van der Waals surface area contributed by atoms with Crippen LogP contribution < -0.4 is 5.73 Å². The van der Waals surface area contributed by atoms with Crippen LogP contribution in [0, 0.1) is 11.8 Å². The first kappa shape index (κ1) is 14.5. The molecule has 1 aliphatic rings. The van der Waals surface area contributed by atoms with E-state index >= 15 is 0 Å². The van der Waals surface area contributed by atoms with Crippen molar-refractivity contribution in [1.29, 1.82) is 0 Å². The standard InChI is InChI=1S/C17H27NO/c1-12-13(2)19-14(3)17(12)16(18)11-7-10-15-8-5-4-6-9-15/h4-6,8-9,12-14,16-17H,7,10-11,18H2,1-3H3. The van der Waals surface area contributed by atoms with E-state index in [4.69, 9.17) is 10.5 Å². The van der Waals surface area contributed by atoms with Crippen LogP contribution >= 0.6 is 0 Å². The second kappa shape index (κ2) is 6.53. The zero-order chi connectivity index (χ0) is 13.8. The zero-order valence-electron chi connectivity index (χ0n) is 12.4. The molecule has 1 heterocycles. The lowest BCUT2D eigenvalue weighted by molar-refractivity contribution is 0.0487. The highest BCUT2D eigenvalue weighted by molar-refractivity contribution is 5.14. The van der Waals surface area contributed by atoms with Gasteiger partial charge < -0.3 is 10.5 Å². The number of hydrogen-bond donors (Lipinski definition) is 1. The van der Waals surface area contributed by atoms with Gasteiger partial charge in [0.25, 0.3) is 0 Å². The first-order chi connectivity index (χ1) is 9.09. The van der Waals surface area contributed by atoms with Crippen molar-refractivity contribution in [3.63, 3.8) is 0 Å². The monoisotopic (exact) mass is 261 g/mol. The molecule has 2 heteroatoms.